The molecule has 0 aliphatic carbocycles. The fourth-order valence-corrected chi connectivity index (χ4v) is 22.9. The first-order chi connectivity index (χ1) is 12.9. The van der Waals surface area contributed by atoms with Crippen LogP contribution in [-0.4, -0.2) is 27.7 Å². The van der Waals surface area contributed by atoms with Gasteiger partial charge in [-0.15, -0.1) is 0 Å². The second-order valence-corrected chi connectivity index (χ2v) is 22.1. The summed E-state index contributed by atoms with van der Waals surface area (Å²) >= 11 is -3.27. The zero-order valence-corrected chi connectivity index (χ0v) is 18.7. The van der Waals surface area contributed by atoms with Crippen LogP contribution >= 0.6 is 0 Å². The summed E-state index contributed by atoms with van der Waals surface area (Å²) in [6.45, 7) is 0.582. The zero-order valence-electron chi connectivity index (χ0n) is 14.8. The Morgan fingerprint density at radius 2 is 1.08 bits per heavy atom. The SMILES string of the molecule is [N-]=[N+]=NCCC[CH2][Pb]([c]1ccccc1)([c]1ccccc1)[c]1ccccc1. The first-order valence-corrected chi connectivity index (χ1v) is 17.6. The number of benzene rings is 3. The number of hydrogen-bond acceptors (Lipinski definition) is 1. The van der Waals surface area contributed by atoms with Gasteiger partial charge in [-0.2, -0.15) is 0 Å². The first-order valence-electron chi connectivity index (χ1n) is 9.05. The molecular weight excluding hydrogens is 513 g/mol. The summed E-state index contributed by atoms with van der Waals surface area (Å²) in [6.07, 6.45) is 2.03. The van der Waals surface area contributed by atoms with Crippen LogP contribution in [0.4, 0.5) is 0 Å². The van der Waals surface area contributed by atoms with E-state index in [2.05, 4.69) is 101 Å². The van der Waals surface area contributed by atoms with Gasteiger partial charge >= 0.3 is 160 Å². The van der Waals surface area contributed by atoms with E-state index in [4.69, 9.17) is 5.53 Å². The maximum absolute atomic E-state index is 8.53. The van der Waals surface area contributed by atoms with Gasteiger partial charge in [0.2, 0.25) is 0 Å². The third-order valence-corrected chi connectivity index (χ3v) is 24.6. The molecule has 0 radical (unpaired) electrons. The molecule has 26 heavy (non-hydrogen) atoms. The third kappa shape index (κ3) is 4.17. The Labute approximate surface area is 160 Å². The van der Waals surface area contributed by atoms with Gasteiger partial charge in [-0.25, -0.2) is 0 Å². The van der Waals surface area contributed by atoms with Gasteiger partial charge in [0.15, 0.2) is 0 Å². The summed E-state index contributed by atoms with van der Waals surface area (Å²) in [5.74, 6) is 0. The van der Waals surface area contributed by atoms with E-state index in [-0.39, 0.29) is 0 Å². The van der Waals surface area contributed by atoms with Crippen molar-refractivity contribution in [2.24, 2.45) is 5.11 Å². The predicted octanol–water partition coefficient (Wildman–Crippen LogP) is 4.25. The fourth-order valence-electron chi connectivity index (χ4n) is 3.72. The average Bonchev–Trinajstić information content (AvgIpc) is 2.73. The Morgan fingerprint density at radius 3 is 1.46 bits per heavy atom. The average molecular weight is 537 g/mol. The molecule has 0 heterocycles. The van der Waals surface area contributed by atoms with Crippen LogP contribution in [0.5, 0.6) is 0 Å². The van der Waals surface area contributed by atoms with Crippen molar-refractivity contribution >= 4 is 30.5 Å². The van der Waals surface area contributed by atoms with Gasteiger partial charge in [0, 0.05) is 0 Å². The molecule has 0 atom stereocenters. The summed E-state index contributed by atoms with van der Waals surface area (Å²) < 4.78 is 5.73. The fraction of sp³-hybridized carbons (Fsp3) is 0.182. The molecular formula is C22H23N3Pb. The van der Waals surface area contributed by atoms with Crippen LogP contribution in [0.1, 0.15) is 12.8 Å². The van der Waals surface area contributed by atoms with E-state index in [1.807, 2.05) is 0 Å². The zero-order chi connectivity index (χ0) is 18.1. The van der Waals surface area contributed by atoms with Crippen molar-refractivity contribution in [2.45, 2.75) is 16.8 Å². The maximum atomic E-state index is 8.53. The van der Waals surface area contributed by atoms with Crippen molar-refractivity contribution in [3.63, 3.8) is 0 Å². The van der Waals surface area contributed by atoms with E-state index in [9.17, 15) is 0 Å². The number of hydrogen-bond donors (Lipinski definition) is 0. The monoisotopic (exact) mass is 537 g/mol. The molecule has 0 aliphatic heterocycles. The molecule has 0 amide bonds. The van der Waals surface area contributed by atoms with Crippen LogP contribution in [0, 0.1) is 0 Å². The molecule has 0 aromatic heterocycles. The van der Waals surface area contributed by atoms with Gasteiger partial charge in [-0.3, -0.25) is 0 Å². The molecule has 0 spiro atoms. The summed E-state index contributed by atoms with van der Waals surface area (Å²) in [7, 11) is 0. The van der Waals surface area contributed by atoms with E-state index in [1.165, 1.54) is 13.3 Å². The van der Waals surface area contributed by atoms with E-state index >= 15 is 0 Å². The Hall–Kier alpha value is -2.11. The molecule has 4 heteroatoms. The van der Waals surface area contributed by atoms with E-state index in [0.717, 1.165) is 12.8 Å². The second-order valence-electron chi connectivity index (χ2n) is 6.41. The van der Waals surface area contributed by atoms with Crippen molar-refractivity contribution in [1.82, 2.24) is 0 Å². The molecule has 0 aliphatic rings. The molecule has 130 valence electrons. The predicted molar refractivity (Wildman–Crippen MR) is 112 cm³/mol. The molecule has 0 N–H and O–H groups in total. The Kier molecular flexibility index (Phi) is 6.86. The summed E-state index contributed by atoms with van der Waals surface area (Å²) in [4.78, 5) is 2.89. The Balaban J connectivity index is 2.10. The van der Waals surface area contributed by atoms with Gasteiger partial charge in [0.1, 0.15) is 0 Å². The van der Waals surface area contributed by atoms with Crippen LogP contribution < -0.4 is 9.37 Å². The molecule has 0 unspecified atom stereocenters. The summed E-state index contributed by atoms with van der Waals surface area (Å²) in [5.41, 5.74) is 8.53. The Bertz CT molecular complexity index is 748. The summed E-state index contributed by atoms with van der Waals surface area (Å²) in [6, 6.07) is 33.2. The molecule has 3 rings (SSSR count). The third-order valence-electron chi connectivity index (χ3n) is 4.92. The van der Waals surface area contributed by atoms with E-state index < -0.39 is 21.2 Å². The molecule has 3 nitrogen and oxygen atoms in total. The molecule has 3 aromatic rings. The number of rotatable bonds is 8. The second kappa shape index (κ2) is 9.55. The molecule has 0 saturated heterocycles. The van der Waals surface area contributed by atoms with Crippen LogP contribution in [-0.2, 0) is 0 Å². The molecule has 0 bridgehead atoms. The van der Waals surface area contributed by atoms with Gasteiger partial charge in [-0.05, 0) is 0 Å². The molecule has 0 fully saturated rings. The van der Waals surface area contributed by atoms with Crippen molar-refractivity contribution < 1.29 is 0 Å². The van der Waals surface area contributed by atoms with Crippen LogP contribution in [0.15, 0.2) is 96.1 Å². The Morgan fingerprint density at radius 1 is 0.654 bits per heavy atom. The molecule has 0 saturated carbocycles. The van der Waals surface area contributed by atoms with Crippen molar-refractivity contribution in [2.75, 3.05) is 6.54 Å². The van der Waals surface area contributed by atoms with Crippen molar-refractivity contribution in [3.8, 4) is 0 Å². The standard InChI is InChI=1S/3C6H5.C4H8N3.Pb/c3*1-2-4-6-5-3-1;1-2-3-4-6-7-5;/h3*1-5H;1-4H2;. The van der Waals surface area contributed by atoms with Gasteiger partial charge in [-0.1, -0.05) is 0 Å². The minimum absolute atomic E-state index is 0.582. The van der Waals surface area contributed by atoms with Crippen LogP contribution in [0.25, 0.3) is 10.4 Å². The summed E-state index contributed by atoms with van der Waals surface area (Å²) in [5, 5.41) is 3.71. The van der Waals surface area contributed by atoms with Gasteiger partial charge in [0.05, 0.1) is 0 Å². The van der Waals surface area contributed by atoms with Crippen molar-refractivity contribution in [1.29, 1.82) is 0 Å². The molecule has 3 aromatic carbocycles. The van der Waals surface area contributed by atoms with Gasteiger partial charge in [0.25, 0.3) is 0 Å². The van der Waals surface area contributed by atoms with E-state index in [1.54, 1.807) is 0 Å². The van der Waals surface area contributed by atoms with Crippen LogP contribution in [0.3, 0.4) is 0 Å². The van der Waals surface area contributed by atoms with Crippen molar-refractivity contribution in [3.05, 3.63) is 101 Å². The number of azide groups is 1. The minimum atomic E-state index is -3.27. The quantitative estimate of drug-likeness (QED) is 0.136. The topological polar surface area (TPSA) is 48.8 Å². The number of unbranched alkanes of at least 4 members (excludes halogenated alkanes) is 1. The van der Waals surface area contributed by atoms with E-state index in [0.29, 0.717) is 6.54 Å². The number of nitrogens with zero attached hydrogens (tertiary/aromatic N) is 3. The van der Waals surface area contributed by atoms with Crippen LogP contribution in [0.2, 0.25) is 3.98 Å². The normalized spacial score (nSPS) is 10.9. The first kappa shape index (κ1) is 18.7. The van der Waals surface area contributed by atoms with Gasteiger partial charge < -0.3 is 0 Å².